The van der Waals surface area contributed by atoms with E-state index in [-0.39, 0.29) is 5.75 Å². The lowest BCUT2D eigenvalue weighted by molar-refractivity contribution is 0.473. The average molecular weight is 384 g/mol. The number of phenols is 1. The van der Waals surface area contributed by atoms with E-state index >= 15 is 0 Å². The summed E-state index contributed by atoms with van der Waals surface area (Å²) in [5.41, 5.74) is 5.24. The summed E-state index contributed by atoms with van der Waals surface area (Å²) in [6.45, 7) is 11.9. The lowest BCUT2D eigenvalue weighted by Crippen LogP contribution is -1.89. The second-order valence-electron chi connectivity index (χ2n) is 6.37. The van der Waals surface area contributed by atoms with E-state index in [9.17, 15) is 5.11 Å². The highest BCUT2D eigenvalue weighted by Crippen LogP contribution is 2.39. The molecule has 0 spiro atoms. The molecule has 0 aliphatic heterocycles. The topological polar surface area (TPSA) is 29.5 Å². The number of phenolic OH excluding ortho intramolecular Hbond substituents is 1. The molecule has 2 nitrogen and oxygen atoms in total. The van der Waals surface area contributed by atoms with E-state index in [0.29, 0.717) is 0 Å². The summed E-state index contributed by atoms with van der Waals surface area (Å²) in [4.78, 5) is 2.27. The molecule has 4 heteroatoms. The first-order valence-corrected chi connectivity index (χ1v) is 9.61. The van der Waals surface area contributed by atoms with Gasteiger partial charge in [0.25, 0.3) is 0 Å². The number of hydrogen-bond donors (Lipinski definition) is 1. The van der Waals surface area contributed by atoms with Crippen molar-refractivity contribution in [2.24, 2.45) is 0 Å². The van der Waals surface area contributed by atoms with Crippen molar-refractivity contribution >= 4 is 33.4 Å². The number of rotatable bonds is 6. The van der Waals surface area contributed by atoms with Crippen molar-refractivity contribution in [3.63, 3.8) is 0 Å². The van der Waals surface area contributed by atoms with Crippen LogP contribution in [0, 0.1) is 13.8 Å². The maximum atomic E-state index is 10.2. The lowest BCUT2D eigenvalue weighted by Gasteiger charge is -2.14. The molecular weight excluding hydrogens is 359 g/mol. The normalized spacial score (nSPS) is 10.8. The fraction of sp³-hybridized carbons (Fsp3) is 0.182. The highest BCUT2D eigenvalue weighted by Gasteiger charge is 2.11. The van der Waals surface area contributed by atoms with E-state index in [2.05, 4.69) is 55.0 Å². The Morgan fingerprint density at radius 2 is 1.69 bits per heavy atom. The molecule has 0 aliphatic carbocycles. The lowest BCUT2D eigenvalue weighted by atomic mass is 10.1. The first-order valence-electron chi connectivity index (χ1n) is 8.32. The van der Waals surface area contributed by atoms with Gasteiger partial charge < -0.3 is 9.63 Å². The molecule has 0 aliphatic rings. The molecule has 2 aromatic carbocycles. The third-order valence-electron chi connectivity index (χ3n) is 3.83. The molecule has 0 bridgehead atoms. The standard InChI is InChI=1S/C22H25O2PS/c1-6-7-8-17-12-21(15(4)10-19(17)23)26-22-13-18(9-14(2)3)20(24-25)11-16(22)5/h6-13,23H,1,25H2,2-5H3/b8-7+. The van der Waals surface area contributed by atoms with E-state index in [0.717, 1.165) is 37.8 Å². The fourth-order valence-corrected chi connectivity index (χ4v) is 3.79. The van der Waals surface area contributed by atoms with Crippen molar-refractivity contribution in [3.8, 4) is 11.5 Å². The average Bonchev–Trinajstić information content (AvgIpc) is 2.58. The molecule has 1 atom stereocenters. The first-order chi connectivity index (χ1) is 12.3. The molecule has 1 unspecified atom stereocenters. The molecule has 26 heavy (non-hydrogen) atoms. The van der Waals surface area contributed by atoms with Crippen LogP contribution in [-0.4, -0.2) is 5.11 Å². The van der Waals surface area contributed by atoms with Crippen molar-refractivity contribution in [3.05, 3.63) is 70.8 Å². The van der Waals surface area contributed by atoms with Gasteiger partial charge in [0, 0.05) is 20.9 Å². The van der Waals surface area contributed by atoms with E-state index in [1.165, 1.54) is 5.57 Å². The summed E-state index contributed by atoms with van der Waals surface area (Å²) in [5, 5.41) is 10.2. The molecule has 0 radical (unpaired) electrons. The number of hydrogen-bond acceptors (Lipinski definition) is 3. The third kappa shape index (κ3) is 5.03. The molecule has 2 aromatic rings. The molecule has 0 aromatic heterocycles. The molecule has 0 saturated heterocycles. The van der Waals surface area contributed by atoms with Crippen LogP contribution in [0.2, 0.25) is 0 Å². The Bertz CT molecular complexity index is 878. The van der Waals surface area contributed by atoms with E-state index in [4.69, 9.17) is 4.52 Å². The van der Waals surface area contributed by atoms with Gasteiger partial charge in [-0.25, -0.2) is 0 Å². The van der Waals surface area contributed by atoms with Crippen molar-refractivity contribution in [2.45, 2.75) is 37.5 Å². The third-order valence-corrected chi connectivity index (χ3v) is 5.41. The molecule has 136 valence electrons. The quantitative estimate of drug-likeness (QED) is 0.431. The van der Waals surface area contributed by atoms with Gasteiger partial charge >= 0.3 is 0 Å². The van der Waals surface area contributed by atoms with Gasteiger partial charge in [0.1, 0.15) is 11.5 Å². The maximum absolute atomic E-state index is 10.2. The minimum Gasteiger partial charge on any atom is -0.507 e. The summed E-state index contributed by atoms with van der Waals surface area (Å²) in [5.74, 6) is 1.12. The Hall–Kier alpha value is -1.96. The Labute approximate surface area is 163 Å². The van der Waals surface area contributed by atoms with Crippen LogP contribution < -0.4 is 4.52 Å². The minimum atomic E-state index is 0.277. The van der Waals surface area contributed by atoms with Crippen LogP contribution in [0.1, 0.15) is 36.1 Å². The Morgan fingerprint density at radius 3 is 2.27 bits per heavy atom. The molecule has 0 amide bonds. The minimum absolute atomic E-state index is 0.277. The molecular formula is C22H25O2PS. The van der Waals surface area contributed by atoms with Gasteiger partial charge in [-0.2, -0.15) is 0 Å². The number of aromatic hydroxyl groups is 1. The summed E-state index contributed by atoms with van der Waals surface area (Å²) >= 11 is 1.70. The van der Waals surface area contributed by atoms with Gasteiger partial charge in [0.15, 0.2) is 0 Å². The van der Waals surface area contributed by atoms with Crippen molar-refractivity contribution in [2.75, 3.05) is 0 Å². The summed E-state index contributed by atoms with van der Waals surface area (Å²) in [7, 11) is 2.32. The van der Waals surface area contributed by atoms with Gasteiger partial charge in [0.2, 0.25) is 0 Å². The van der Waals surface area contributed by atoms with Crippen LogP contribution in [0.25, 0.3) is 12.2 Å². The van der Waals surface area contributed by atoms with Crippen LogP contribution in [0.15, 0.2) is 58.4 Å². The zero-order chi connectivity index (χ0) is 19.3. The van der Waals surface area contributed by atoms with Gasteiger partial charge in [-0.1, -0.05) is 48.2 Å². The zero-order valence-corrected chi connectivity index (χ0v) is 17.6. The zero-order valence-electron chi connectivity index (χ0n) is 15.7. The van der Waals surface area contributed by atoms with Gasteiger partial charge in [-0.15, -0.1) is 0 Å². The van der Waals surface area contributed by atoms with Crippen LogP contribution in [-0.2, 0) is 0 Å². The van der Waals surface area contributed by atoms with Crippen LogP contribution in [0.3, 0.4) is 0 Å². The largest absolute Gasteiger partial charge is 0.507 e. The molecule has 2 rings (SSSR count). The smallest absolute Gasteiger partial charge is 0.130 e. The highest BCUT2D eigenvalue weighted by atomic mass is 32.2. The van der Waals surface area contributed by atoms with Gasteiger partial charge in [0.05, 0.1) is 9.47 Å². The molecule has 1 N–H and O–H groups in total. The molecule has 0 fully saturated rings. The maximum Gasteiger partial charge on any atom is 0.130 e. The predicted molar refractivity (Wildman–Crippen MR) is 117 cm³/mol. The van der Waals surface area contributed by atoms with E-state index in [1.807, 2.05) is 25.1 Å². The monoisotopic (exact) mass is 384 g/mol. The first kappa shape index (κ1) is 20.4. The second-order valence-corrected chi connectivity index (χ2v) is 7.69. The van der Waals surface area contributed by atoms with Crippen molar-refractivity contribution in [1.29, 1.82) is 0 Å². The Kier molecular flexibility index (Phi) is 7.14. The summed E-state index contributed by atoms with van der Waals surface area (Å²) in [6.07, 6.45) is 7.49. The SMILES string of the molecule is C=C/C=C/c1cc(Sc2cc(C=C(C)C)c(OP)cc2C)c(C)cc1O. The fourth-order valence-electron chi connectivity index (χ4n) is 2.54. The van der Waals surface area contributed by atoms with Crippen LogP contribution >= 0.6 is 21.2 Å². The van der Waals surface area contributed by atoms with Crippen LogP contribution in [0.4, 0.5) is 0 Å². The number of allylic oxidation sites excluding steroid dienone is 3. The molecule has 0 heterocycles. The Morgan fingerprint density at radius 1 is 1.08 bits per heavy atom. The number of aryl methyl sites for hydroxylation is 2. The van der Waals surface area contributed by atoms with Gasteiger partial charge in [-0.05, 0) is 63.1 Å². The summed E-state index contributed by atoms with van der Waals surface area (Å²) in [6, 6.07) is 8.02. The van der Waals surface area contributed by atoms with Crippen molar-refractivity contribution < 1.29 is 9.63 Å². The predicted octanol–water partition coefficient (Wildman–Crippen LogP) is 6.95. The molecule has 0 saturated carbocycles. The van der Waals surface area contributed by atoms with Crippen molar-refractivity contribution in [1.82, 2.24) is 0 Å². The van der Waals surface area contributed by atoms with E-state index < -0.39 is 0 Å². The van der Waals surface area contributed by atoms with E-state index in [1.54, 1.807) is 23.9 Å². The van der Waals surface area contributed by atoms with Crippen LogP contribution in [0.5, 0.6) is 11.5 Å². The highest BCUT2D eigenvalue weighted by molar-refractivity contribution is 7.99. The second kappa shape index (κ2) is 9.12. The summed E-state index contributed by atoms with van der Waals surface area (Å²) < 4.78 is 5.45. The van der Waals surface area contributed by atoms with Gasteiger partial charge in [-0.3, -0.25) is 0 Å². The number of benzene rings is 2. The Balaban J connectivity index is 2.49.